The van der Waals surface area contributed by atoms with Crippen molar-refractivity contribution in [2.75, 3.05) is 13.1 Å². The van der Waals surface area contributed by atoms with Gasteiger partial charge in [0.2, 0.25) is 0 Å². The molecule has 1 heterocycles. The van der Waals surface area contributed by atoms with Gasteiger partial charge < -0.3 is 9.84 Å². The molecule has 0 saturated carbocycles. The third kappa shape index (κ3) is 4.51. The van der Waals surface area contributed by atoms with Crippen LogP contribution in [0.25, 0.3) is 0 Å². The lowest BCUT2D eigenvalue weighted by molar-refractivity contribution is -0.157. The van der Waals surface area contributed by atoms with E-state index in [2.05, 4.69) is 4.90 Å². The zero-order valence-corrected chi connectivity index (χ0v) is 15.5. The summed E-state index contributed by atoms with van der Waals surface area (Å²) in [7, 11) is 0. The second kappa shape index (κ2) is 8.02. The summed E-state index contributed by atoms with van der Waals surface area (Å²) >= 11 is 0. The van der Waals surface area contributed by atoms with Gasteiger partial charge in [-0.3, -0.25) is 4.90 Å². The largest absolute Gasteiger partial charge is 0.456 e. The first-order valence-corrected chi connectivity index (χ1v) is 9.23. The van der Waals surface area contributed by atoms with Crippen LogP contribution in [0.15, 0.2) is 60.7 Å². The van der Waals surface area contributed by atoms with Crippen molar-refractivity contribution in [3.8, 4) is 0 Å². The van der Waals surface area contributed by atoms with Gasteiger partial charge in [-0.05, 0) is 37.8 Å². The van der Waals surface area contributed by atoms with E-state index in [1.54, 1.807) is 0 Å². The molecule has 0 aromatic heterocycles. The van der Waals surface area contributed by atoms with Crippen molar-refractivity contribution in [3.05, 3.63) is 71.8 Å². The molecule has 2 aromatic rings. The third-order valence-corrected chi connectivity index (χ3v) is 5.14. The van der Waals surface area contributed by atoms with Crippen LogP contribution in [-0.4, -0.2) is 34.7 Å². The van der Waals surface area contributed by atoms with E-state index < -0.39 is 11.6 Å². The molecular weight excluding hydrogens is 326 g/mol. The molecule has 2 aromatic carbocycles. The average Bonchev–Trinajstić information content (AvgIpc) is 2.65. The lowest BCUT2D eigenvalue weighted by Crippen LogP contribution is -2.46. The summed E-state index contributed by atoms with van der Waals surface area (Å²) in [4.78, 5) is 15.2. The molecule has 3 rings (SSSR count). The van der Waals surface area contributed by atoms with Crippen LogP contribution in [0.2, 0.25) is 0 Å². The molecule has 1 saturated heterocycles. The number of piperidine rings is 1. The highest BCUT2D eigenvalue weighted by Crippen LogP contribution is 2.31. The summed E-state index contributed by atoms with van der Waals surface area (Å²) < 4.78 is 5.82. The quantitative estimate of drug-likeness (QED) is 0.829. The van der Waals surface area contributed by atoms with E-state index in [1.165, 1.54) is 0 Å². The molecule has 1 aliphatic heterocycles. The Hall–Kier alpha value is -2.17. The van der Waals surface area contributed by atoms with Gasteiger partial charge in [0.1, 0.15) is 12.1 Å². The standard InChI is InChI=1S/C22H27NO3/c1-17(18-9-5-3-6-10-18)26-21(24)20(19-11-7-4-8-12-19)23-15-13-22(2,25)14-16-23/h3-12,17,20,25H,13-16H2,1-2H3/t17-,20?/m1/s1. The van der Waals surface area contributed by atoms with Crippen molar-refractivity contribution in [1.82, 2.24) is 4.90 Å². The SMILES string of the molecule is C[C@@H](OC(=O)C(c1ccccc1)N1CCC(C)(O)CC1)c1ccccc1. The predicted octanol–water partition coefficient (Wildman–Crippen LogP) is 3.88. The molecule has 0 amide bonds. The molecule has 0 radical (unpaired) electrons. The lowest BCUT2D eigenvalue weighted by atomic mass is 9.91. The first-order chi connectivity index (χ1) is 12.5. The normalized spacial score (nSPS) is 19.5. The van der Waals surface area contributed by atoms with Crippen LogP contribution in [0.4, 0.5) is 0 Å². The number of likely N-dealkylation sites (tertiary alicyclic amines) is 1. The Morgan fingerprint density at radius 1 is 1.00 bits per heavy atom. The number of hydrogen-bond donors (Lipinski definition) is 1. The predicted molar refractivity (Wildman–Crippen MR) is 102 cm³/mol. The fourth-order valence-electron chi connectivity index (χ4n) is 3.43. The summed E-state index contributed by atoms with van der Waals surface area (Å²) in [6, 6.07) is 19.1. The molecule has 4 nitrogen and oxygen atoms in total. The number of ether oxygens (including phenoxy) is 1. The summed E-state index contributed by atoms with van der Waals surface area (Å²) in [5.41, 5.74) is 1.26. The maximum absolute atomic E-state index is 13.1. The van der Waals surface area contributed by atoms with E-state index in [4.69, 9.17) is 4.74 Å². The van der Waals surface area contributed by atoms with Crippen molar-refractivity contribution in [2.45, 2.75) is 44.4 Å². The van der Waals surface area contributed by atoms with Gasteiger partial charge in [0, 0.05) is 13.1 Å². The third-order valence-electron chi connectivity index (χ3n) is 5.14. The number of esters is 1. The maximum Gasteiger partial charge on any atom is 0.328 e. The molecule has 4 heteroatoms. The fraction of sp³-hybridized carbons (Fsp3) is 0.409. The van der Waals surface area contributed by atoms with E-state index in [-0.39, 0.29) is 12.1 Å². The molecule has 0 aliphatic carbocycles. The molecule has 0 bridgehead atoms. The van der Waals surface area contributed by atoms with E-state index in [1.807, 2.05) is 74.5 Å². The molecule has 1 fully saturated rings. The molecule has 1 aliphatic rings. The number of hydrogen-bond acceptors (Lipinski definition) is 4. The summed E-state index contributed by atoms with van der Waals surface area (Å²) in [6.45, 7) is 5.09. The van der Waals surface area contributed by atoms with Gasteiger partial charge in [-0.15, -0.1) is 0 Å². The Balaban J connectivity index is 1.78. The van der Waals surface area contributed by atoms with Gasteiger partial charge in [0.15, 0.2) is 0 Å². The Bertz CT molecular complexity index is 705. The number of nitrogens with zero attached hydrogens (tertiary/aromatic N) is 1. The van der Waals surface area contributed by atoms with Crippen LogP contribution < -0.4 is 0 Å². The van der Waals surface area contributed by atoms with Crippen LogP contribution in [-0.2, 0) is 9.53 Å². The molecule has 1 unspecified atom stereocenters. The number of carbonyl (C=O) groups excluding carboxylic acids is 1. The minimum Gasteiger partial charge on any atom is -0.456 e. The molecular formula is C22H27NO3. The minimum atomic E-state index is -0.654. The maximum atomic E-state index is 13.1. The lowest BCUT2D eigenvalue weighted by Gasteiger charge is -2.39. The monoisotopic (exact) mass is 353 g/mol. The Labute approximate surface area is 155 Å². The van der Waals surface area contributed by atoms with Gasteiger partial charge in [-0.1, -0.05) is 60.7 Å². The summed E-state index contributed by atoms with van der Waals surface area (Å²) in [6.07, 6.45) is 0.998. The smallest absolute Gasteiger partial charge is 0.328 e. The van der Waals surface area contributed by atoms with Gasteiger partial charge in [0.05, 0.1) is 5.60 Å². The number of rotatable bonds is 5. The zero-order chi connectivity index (χ0) is 18.6. The van der Waals surface area contributed by atoms with Gasteiger partial charge in [-0.25, -0.2) is 4.79 Å². The van der Waals surface area contributed by atoms with Gasteiger partial charge in [0.25, 0.3) is 0 Å². The van der Waals surface area contributed by atoms with Crippen molar-refractivity contribution >= 4 is 5.97 Å². The second-order valence-electron chi connectivity index (χ2n) is 7.34. The Morgan fingerprint density at radius 3 is 2.04 bits per heavy atom. The van der Waals surface area contributed by atoms with Crippen LogP contribution in [0.1, 0.15) is 50.0 Å². The highest BCUT2D eigenvalue weighted by molar-refractivity contribution is 5.78. The van der Waals surface area contributed by atoms with Crippen LogP contribution >= 0.6 is 0 Å². The minimum absolute atomic E-state index is 0.242. The highest BCUT2D eigenvalue weighted by Gasteiger charge is 2.36. The Morgan fingerprint density at radius 2 is 1.50 bits per heavy atom. The first-order valence-electron chi connectivity index (χ1n) is 9.23. The van der Waals surface area contributed by atoms with E-state index >= 15 is 0 Å². The number of benzene rings is 2. The first kappa shape index (κ1) is 18.6. The van der Waals surface area contributed by atoms with Crippen LogP contribution in [0.3, 0.4) is 0 Å². The highest BCUT2D eigenvalue weighted by atomic mass is 16.5. The summed E-state index contributed by atoms with van der Waals surface area (Å²) in [5, 5.41) is 10.2. The van der Waals surface area contributed by atoms with Gasteiger partial charge >= 0.3 is 5.97 Å². The molecule has 1 N–H and O–H groups in total. The number of aliphatic hydroxyl groups is 1. The zero-order valence-electron chi connectivity index (χ0n) is 15.5. The summed E-state index contributed by atoms with van der Waals surface area (Å²) in [5.74, 6) is -0.242. The molecule has 26 heavy (non-hydrogen) atoms. The fourth-order valence-corrected chi connectivity index (χ4v) is 3.43. The van der Waals surface area contributed by atoms with E-state index in [9.17, 15) is 9.90 Å². The van der Waals surface area contributed by atoms with Gasteiger partial charge in [-0.2, -0.15) is 0 Å². The van der Waals surface area contributed by atoms with E-state index in [0.717, 1.165) is 11.1 Å². The second-order valence-corrected chi connectivity index (χ2v) is 7.34. The number of carbonyl (C=O) groups is 1. The van der Waals surface area contributed by atoms with E-state index in [0.29, 0.717) is 25.9 Å². The average molecular weight is 353 g/mol. The van der Waals surface area contributed by atoms with Crippen molar-refractivity contribution in [1.29, 1.82) is 0 Å². The Kier molecular flexibility index (Phi) is 5.74. The van der Waals surface area contributed by atoms with Crippen molar-refractivity contribution in [2.24, 2.45) is 0 Å². The topological polar surface area (TPSA) is 49.8 Å². The van der Waals surface area contributed by atoms with Crippen molar-refractivity contribution in [3.63, 3.8) is 0 Å². The molecule has 0 spiro atoms. The molecule has 138 valence electrons. The van der Waals surface area contributed by atoms with Crippen LogP contribution in [0, 0.1) is 0 Å². The van der Waals surface area contributed by atoms with Crippen molar-refractivity contribution < 1.29 is 14.6 Å². The van der Waals surface area contributed by atoms with Crippen LogP contribution in [0.5, 0.6) is 0 Å². The molecule has 2 atom stereocenters.